The number of rotatable bonds is 8. The van der Waals surface area contributed by atoms with Gasteiger partial charge in [-0.25, -0.2) is 0 Å². The molecule has 0 radical (unpaired) electrons. The molecule has 52 heavy (non-hydrogen) atoms. The van der Waals surface area contributed by atoms with E-state index in [4.69, 9.17) is 0 Å². The van der Waals surface area contributed by atoms with E-state index in [0.717, 1.165) is 66.8 Å². The predicted octanol–water partition coefficient (Wildman–Crippen LogP) is 12.5. The number of allylic oxidation sites excluding steroid dienone is 3. The summed E-state index contributed by atoms with van der Waals surface area (Å²) in [6, 6.07) is 65.4. The lowest BCUT2D eigenvalue weighted by Crippen LogP contribution is -2.25. The van der Waals surface area contributed by atoms with Crippen LogP contribution in [0.25, 0.3) is 16.7 Å². The molecule has 250 valence electrons. The van der Waals surface area contributed by atoms with Crippen LogP contribution in [0.3, 0.4) is 0 Å². The minimum Gasteiger partial charge on any atom is -0.611 e. The fourth-order valence-corrected chi connectivity index (χ4v) is 9.80. The normalized spacial score (nSPS) is 17.2. The van der Waals surface area contributed by atoms with E-state index in [1.807, 2.05) is 24.3 Å². The number of para-hydroxylation sites is 6. The number of benzene rings is 7. The zero-order valence-electron chi connectivity index (χ0n) is 28.5. The van der Waals surface area contributed by atoms with Crippen LogP contribution in [0.4, 0.5) is 34.1 Å². The lowest BCUT2D eigenvalue weighted by Gasteiger charge is -2.31. The molecule has 7 aromatic carbocycles. The Labute approximate surface area is 308 Å². The number of fused-ring (bicyclic) bond motifs is 3. The highest BCUT2D eigenvalue weighted by Gasteiger charge is 2.48. The van der Waals surface area contributed by atoms with Crippen LogP contribution >= 0.6 is 0 Å². The van der Waals surface area contributed by atoms with E-state index in [2.05, 4.69) is 192 Å². The van der Waals surface area contributed by atoms with Gasteiger partial charge in [0.1, 0.15) is 0 Å². The summed E-state index contributed by atoms with van der Waals surface area (Å²) in [5.74, 6) is -0.0164. The Kier molecular flexibility index (Phi) is 8.53. The molecular formula is C48H36N2OS. The second-order valence-corrected chi connectivity index (χ2v) is 14.5. The van der Waals surface area contributed by atoms with Gasteiger partial charge in [0, 0.05) is 50.6 Å². The van der Waals surface area contributed by atoms with E-state index in [9.17, 15) is 0 Å². The Balaban J connectivity index is 1.17. The molecule has 0 bridgehead atoms. The van der Waals surface area contributed by atoms with Gasteiger partial charge in [-0.15, -0.1) is 0 Å². The molecule has 0 aromatic heterocycles. The zero-order chi connectivity index (χ0) is 34.9. The van der Waals surface area contributed by atoms with Gasteiger partial charge in [0.2, 0.25) is 0 Å². The van der Waals surface area contributed by atoms with Crippen molar-refractivity contribution in [1.82, 2.24) is 0 Å². The molecule has 1 aliphatic carbocycles. The summed E-state index contributed by atoms with van der Waals surface area (Å²) >= 11 is -1.33. The van der Waals surface area contributed by atoms with Crippen molar-refractivity contribution in [2.24, 2.45) is 0 Å². The number of nitrogens with zero attached hydrogens (tertiary/aromatic N) is 2. The predicted molar refractivity (Wildman–Crippen MR) is 218 cm³/mol. The minimum atomic E-state index is -1.33. The molecule has 0 fully saturated rings. The number of hydrogen-bond acceptors (Lipinski definition) is 3. The lowest BCUT2D eigenvalue weighted by atomic mass is 9.83. The first-order chi connectivity index (χ1) is 25.8. The van der Waals surface area contributed by atoms with E-state index < -0.39 is 11.2 Å². The van der Waals surface area contributed by atoms with Crippen molar-refractivity contribution in [1.29, 1.82) is 0 Å². The molecule has 9 rings (SSSR count). The molecule has 3 nitrogen and oxygen atoms in total. The van der Waals surface area contributed by atoms with E-state index in [0.29, 0.717) is 0 Å². The fourth-order valence-electron chi connectivity index (χ4n) is 7.78. The van der Waals surface area contributed by atoms with E-state index >= 15 is 4.55 Å². The summed E-state index contributed by atoms with van der Waals surface area (Å²) in [5.41, 5.74) is 11.7. The Bertz CT molecular complexity index is 2310. The van der Waals surface area contributed by atoms with Crippen LogP contribution in [0.15, 0.2) is 211 Å². The van der Waals surface area contributed by atoms with E-state index in [-0.39, 0.29) is 11.2 Å². The van der Waals surface area contributed by atoms with Crippen LogP contribution in [-0.2, 0) is 11.2 Å². The Morgan fingerprint density at radius 1 is 0.423 bits per heavy atom. The van der Waals surface area contributed by atoms with Crippen LogP contribution in [-0.4, -0.2) is 9.80 Å². The van der Waals surface area contributed by atoms with Crippen molar-refractivity contribution in [3.63, 3.8) is 0 Å². The van der Waals surface area contributed by atoms with E-state index in [1.165, 1.54) is 0 Å². The quantitative estimate of drug-likeness (QED) is 0.149. The number of anilines is 6. The maximum Gasteiger partial charge on any atom is 0.165 e. The topological polar surface area (TPSA) is 29.5 Å². The Morgan fingerprint density at radius 3 is 1.37 bits per heavy atom. The first-order valence-electron chi connectivity index (χ1n) is 17.7. The maximum absolute atomic E-state index is 15.3. The molecule has 0 saturated carbocycles. The average Bonchev–Trinajstić information content (AvgIpc) is 3.52. The molecule has 1 heterocycles. The van der Waals surface area contributed by atoms with Gasteiger partial charge >= 0.3 is 0 Å². The summed E-state index contributed by atoms with van der Waals surface area (Å²) in [7, 11) is 0. The first kappa shape index (κ1) is 31.9. The molecular weight excluding hydrogens is 653 g/mol. The van der Waals surface area contributed by atoms with Crippen molar-refractivity contribution in [2.45, 2.75) is 16.1 Å². The Morgan fingerprint density at radius 2 is 0.846 bits per heavy atom. The third-order valence-electron chi connectivity index (χ3n) is 10.0. The monoisotopic (exact) mass is 688 g/mol. The van der Waals surface area contributed by atoms with Crippen LogP contribution < -0.4 is 9.80 Å². The van der Waals surface area contributed by atoms with Gasteiger partial charge in [-0.1, -0.05) is 140 Å². The van der Waals surface area contributed by atoms with Gasteiger partial charge in [-0.3, -0.25) is 0 Å². The SMILES string of the molecule is [O-][S+]1c2c(-c3ccccc3N(c3ccccc3)c3ccccc3)cccc2C2C=CC=C(c3ccccc3N(c3ccccc3)c3ccccc3)C21. The molecule has 3 unspecified atom stereocenters. The van der Waals surface area contributed by atoms with Crippen LogP contribution in [0, 0.1) is 0 Å². The first-order valence-corrected chi connectivity index (χ1v) is 18.9. The largest absolute Gasteiger partial charge is 0.611 e. The highest BCUT2D eigenvalue weighted by Crippen LogP contribution is 2.54. The molecule has 0 saturated heterocycles. The van der Waals surface area contributed by atoms with Gasteiger partial charge in [0.15, 0.2) is 10.1 Å². The smallest absolute Gasteiger partial charge is 0.165 e. The second kappa shape index (κ2) is 13.9. The Hall–Kier alpha value is -6.07. The van der Waals surface area contributed by atoms with Crippen molar-refractivity contribution >= 4 is 50.9 Å². The van der Waals surface area contributed by atoms with Crippen LogP contribution in [0.1, 0.15) is 17.0 Å². The van der Waals surface area contributed by atoms with Crippen LogP contribution in [0.2, 0.25) is 0 Å². The van der Waals surface area contributed by atoms with Crippen molar-refractivity contribution in [3.05, 3.63) is 217 Å². The third-order valence-corrected chi connectivity index (χ3v) is 11.9. The van der Waals surface area contributed by atoms with Gasteiger partial charge in [-0.2, -0.15) is 0 Å². The molecule has 7 aromatic rings. The second-order valence-electron chi connectivity index (χ2n) is 13.0. The standard InChI is InChI=1S/C48H36N2OS/c51-52-47-41(39-27-13-15-33-45(39)49(35-19-5-1-6-20-35)36-21-7-2-8-22-36)29-17-31-43(47)44-32-18-30-42(48(44)52)40-28-14-16-34-46(40)50(37-23-9-3-10-24-37)38-25-11-4-12-26-38/h1-34,43,47H. The summed E-state index contributed by atoms with van der Waals surface area (Å²) in [4.78, 5) is 5.52. The number of hydrogen-bond donors (Lipinski definition) is 0. The molecule has 0 amide bonds. The minimum absolute atomic E-state index is 0.0164. The van der Waals surface area contributed by atoms with Gasteiger partial charge in [0.25, 0.3) is 0 Å². The maximum atomic E-state index is 15.3. The summed E-state index contributed by atoms with van der Waals surface area (Å²) in [5, 5.41) is -0.234. The van der Waals surface area contributed by atoms with Gasteiger partial charge < -0.3 is 14.4 Å². The van der Waals surface area contributed by atoms with Gasteiger partial charge in [-0.05, 0) is 77.9 Å². The molecule has 2 aliphatic rings. The van der Waals surface area contributed by atoms with Crippen molar-refractivity contribution in [2.75, 3.05) is 9.80 Å². The molecule has 3 atom stereocenters. The molecule has 1 aliphatic heterocycles. The third kappa shape index (κ3) is 5.63. The van der Waals surface area contributed by atoms with Crippen molar-refractivity contribution < 1.29 is 4.55 Å². The zero-order valence-corrected chi connectivity index (χ0v) is 29.3. The molecule has 0 spiro atoms. The average molecular weight is 689 g/mol. The van der Waals surface area contributed by atoms with Gasteiger partial charge in [0.05, 0.1) is 17.3 Å². The van der Waals surface area contributed by atoms with E-state index in [1.54, 1.807) is 0 Å². The molecule has 4 heteroatoms. The highest BCUT2D eigenvalue weighted by molar-refractivity contribution is 7.93. The molecule has 0 N–H and O–H groups in total. The highest BCUT2D eigenvalue weighted by atomic mass is 32.2. The van der Waals surface area contributed by atoms with Crippen molar-refractivity contribution in [3.8, 4) is 11.1 Å². The lowest BCUT2D eigenvalue weighted by molar-refractivity contribution is 0.592. The van der Waals surface area contributed by atoms with Crippen LogP contribution in [0.5, 0.6) is 0 Å². The fraction of sp³-hybridized carbons (Fsp3) is 0.0417. The summed E-state index contributed by atoms with van der Waals surface area (Å²) in [6.45, 7) is 0. The summed E-state index contributed by atoms with van der Waals surface area (Å²) < 4.78 is 15.3. The summed E-state index contributed by atoms with van der Waals surface area (Å²) in [6.07, 6.45) is 6.57.